The van der Waals surface area contributed by atoms with Gasteiger partial charge in [-0.1, -0.05) is 25.6 Å². The van der Waals surface area contributed by atoms with Crippen molar-refractivity contribution < 1.29 is 13.2 Å². The maximum absolute atomic E-state index is 12.2. The molecule has 0 saturated carbocycles. The van der Waals surface area contributed by atoms with E-state index in [0.717, 1.165) is 47.5 Å². The number of likely N-dealkylation sites (tertiary alicyclic amines) is 1. The van der Waals surface area contributed by atoms with Gasteiger partial charge in [0.25, 0.3) is 0 Å². The molecule has 0 spiro atoms. The Bertz CT molecular complexity index is 1320. The Balaban J connectivity index is 2.21. The first-order chi connectivity index (χ1) is 16.2. The summed E-state index contributed by atoms with van der Waals surface area (Å²) in [4.78, 5) is 22.3. The number of H-pyrrole nitrogens is 1. The molecular formula is C26H34N4O3S. The summed E-state index contributed by atoms with van der Waals surface area (Å²) in [5.74, 6) is 0.632. The van der Waals surface area contributed by atoms with Crippen LogP contribution in [-0.4, -0.2) is 55.8 Å². The molecule has 34 heavy (non-hydrogen) atoms. The number of sulfone groups is 1. The maximum Gasteiger partial charge on any atom is 0.246 e. The van der Waals surface area contributed by atoms with Crippen LogP contribution in [0, 0.1) is 0 Å². The van der Waals surface area contributed by atoms with Gasteiger partial charge in [0, 0.05) is 53.9 Å². The number of carbonyl (C=O) groups is 1. The summed E-state index contributed by atoms with van der Waals surface area (Å²) in [6, 6.07) is 7.01. The molecule has 2 heterocycles. The number of aromatic amines is 1. The van der Waals surface area contributed by atoms with E-state index in [1.54, 1.807) is 29.3 Å². The van der Waals surface area contributed by atoms with Gasteiger partial charge in [-0.15, -0.1) is 0 Å². The topological polar surface area (TPSA) is 94.6 Å². The van der Waals surface area contributed by atoms with Gasteiger partial charge in [0.2, 0.25) is 5.91 Å². The number of aliphatic imine (C=N–C) groups is 1. The van der Waals surface area contributed by atoms with Gasteiger partial charge in [-0.05, 0) is 62.5 Å². The third kappa shape index (κ3) is 5.67. The highest BCUT2D eigenvalue weighted by Gasteiger charge is 2.23. The quantitative estimate of drug-likeness (QED) is 0.469. The molecule has 8 heteroatoms. The van der Waals surface area contributed by atoms with Crippen LogP contribution >= 0.6 is 0 Å². The number of aromatic nitrogens is 1. The number of hydrogen-bond donors (Lipinski definition) is 2. The van der Waals surface area contributed by atoms with E-state index >= 15 is 0 Å². The molecule has 1 fully saturated rings. The van der Waals surface area contributed by atoms with Gasteiger partial charge in [0.1, 0.15) is 5.82 Å². The molecule has 7 nitrogen and oxygen atoms in total. The standard InChI is InChI=1S/C26H34N4O3S/c1-6-18(4)25-24(22(16-28-25)19-11-9-13-21(15-19)34(5,32)33)26(27-8-3)29-20-12-10-14-30(17-20)23(31)7-2/h7-9,11,13,15-16,20,28-29H,2,6,10,12,14,17H2,1,3-5H3/b25-18+,26-24+,27-8?/t20-/m1/s1. The van der Waals surface area contributed by atoms with E-state index in [-0.39, 0.29) is 16.8 Å². The van der Waals surface area contributed by atoms with Gasteiger partial charge in [0.15, 0.2) is 9.84 Å². The fourth-order valence-corrected chi connectivity index (χ4v) is 4.89. The zero-order valence-electron chi connectivity index (χ0n) is 20.4. The second-order valence-corrected chi connectivity index (χ2v) is 10.6. The first kappa shape index (κ1) is 25.5. The molecule has 2 N–H and O–H groups in total. The minimum absolute atomic E-state index is 0.0382. The fraction of sp³-hybridized carbons (Fsp3) is 0.385. The lowest BCUT2D eigenvalue weighted by Crippen LogP contribution is -2.48. The van der Waals surface area contributed by atoms with Crippen LogP contribution in [0.2, 0.25) is 0 Å². The van der Waals surface area contributed by atoms with E-state index in [1.807, 2.05) is 19.2 Å². The van der Waals surface area contributed by atoms with E-state index in [0.29, 0.717) is 12.4 Å². The lowest BCUT2D eigenvalue weighted by Gasteiger charge is -2.33. The average Bonchev–Trinajstić information content (AvgIpc) is 3.27. The van der Waals surface area contributed by atoms with Crippen molar-refractivity contribution >= 4 is 33.4 Å². The minimum Gasteiger partial charge on any atom is -0.365 e. The van der Waals surface area contributed by atoms with Crippen molar-refractivity contribution in [2.75, 3.05) is 19.3 Å². The molecule has 0 unspecified atom stereocenters. The average molecular weight is 483 g/mol. The molecule has 2 aromatic rings. The molecule has 1 amide bonds. The Hall–Kier alpha value is -3.13. The van der Waals surface area contributed by atoms with Crippen LogP contribution in [0.25, 0.3) is 22.5 Å². The van der Waals surface area contributed by atoms with Crippen LogP contribution in [0.3, 0.4) is 0 Å². The summed E-state index contributed by atoms with van der Waals surface area (Å²) in [7, 11) is -3.34. The maximum atomic E-state index is 12.2. The van der Waals surface area contributed by atoms with Crippen molar-refractivity contribution in [2.24, 2.45) is 4.99 Å². The summed E-state index contributed by atoms with van der Waals surface area (Å²) in [5, 5.41) is 5.44. The molecule has 1 aliphatic rings. The second kappa shape index (κ2) is 10.9. The van der Waals surface area contributed by atoms with Crippen LogP contribution in [0.5, 0.6) is 0 Å². The van der Waals surface area contributed by atoms with Crippen LogP contribution < -0.4 is 15.9 Å². The highest BCUT2D eigenvalue weighted by Crippen LogP contribution is 2.20. The molecule has 0 aliphatic carbocycles. The SMILES string of the molecule is C=CC(=O)N1CCC[C@@H](N/C(N=CC)=c2\c(-c3cccc(S(C)(=O)=O)c3)c[nH]\c2=C(/C)CC)C1. The molecular weight excluding hydrogens is 448 g/mol. The Morgan fingerprint density at radius 2 is 2.15 bits per heavy atom. The van der Waals surface area contributed by atoms with E-state index in [4.69, 9.17) is 4.99 Å². The third-order valence-corrected chi connectivity index (χ3v) is 7.26. The molecule has 1 aromatic heterocycles. The van der Waals surface area contributed by atoms with Gasteiger partial charge < -0.3 is 15.2 Å². The number of rotatable bonds is 7. The van der Waals surface area contributed by atoms with Gasteiger partial charge in [0.05, 0.1) is 4.90 Å². The van der Waals surface area contributed by atoms with E-state index in [9.17, 15) is 13.2 Å². The number of benzene rings is 1. The highest BCUT2D eigenvalue weighted by atomic mass is 32.2. The van der Waals surface area contributed by atoms with Crippen LogP contribution in [0.4, 0.5) is 0 Å². The Morgan fingerprint density at radius 1 is 1.38 bits per heavy atom. The van der Waals surface area contributed by atoms with Crippen molar-refractivity contribution in [1.82, 2.24) is 15.2 Å². The zero-order chi connectivity index (χ0) is 24.9. The van der Waals surface area contributed by atoms with Crippen molar-refractivity contribution in [3.05, 3.63) is 53.7 Å². The molecule has 1 atom stereocenters. The summed E-state index contributed by atoms with van der Waals surface area (Å²) >= 11 is 0. The highest BCUT2D eigenvalue weighted by molar-refractivity contribution is 7.90. The van der Waals surface area contributed by atoms with Crippen molar-refractivity contribution in [3.63, 3.8) is 0 Å². The number of nitrogens with one attached hydrogen (secondary N) is 2. The van der Waals surface area contributed by atoms with E-state index in [1.165, 1.54) is 17.9 Å². The Kier molecular flexibility index (Phi) is 8.15. The fourth-order valence-electron chi connectivity index (χ4n) is 4.23. The van der Waals surface area contributed by atoms with Crippen LogP contribution in [-0.2, 0) is 14.6 Å². The molecule has 0 radical (unpaired) electrons. The minimum atomic E-state index is -3.34. The summed E-state index contributed by atoms with van der Waals surface area (Å²) in [6.07, 6.45) is 8.88. The lowest BCUT2D eigenvalue weighted by atomic mass is 10.0. The van der Waals surface area contributed by atoms with Crippen molar-refractivity contribution in [2.45, 2.75) is 51.0 Å². The molecule has 1 aromatic carbocycles. The first-order valence-corrected chi connectivity index (χ1v) is 13.5. The third-order valence-electron chi connectivity index (χ3n) is 6.15. The zero-order valence-corrected chi connectivity index (χ0v) is 21.2. The number of amides is 1. The normalized spacial score (nSPS) is 18.6. The van der Waals surface area contributed by atoms with E-state index in [2.05, 4.69) is 30.7 Å². The predicted octanol–water partition coefficient (Wildman–Crippen LogP) is 2.59. The molecule has 1 saturated heterocycles. The number of nitrogens with zero attached hydrogens (tertiary/aromatic N) is 2. The number of hydrogen-bond acceptors (Lipinski definition) is 5. The molecule has 0 bridgehead atoms. The number of carbonyl (C=O) groups excluding carboxylic acids is 1. The largest absolute Gasteiger partial charge is 0.365 e. The smallest absolute Gasteiger partial charge is 0.246 e. The Morgan fingerprint density at radius 3 is 2.79 bits per heavy atom. The molecule has 3 rings (SSSR count). The van der Waals surface area contributed by atoms with E-state index < -0.39 is 9.84 Å². The molecule has 1 aliphatic heterocycles. The van der Waals surface area contributed by atoms with Gasteiger partial charge in [-0.25, -0.2) is 13.4 Å². The first-order valence-electron chi connectivity index (χ1n) is 11.6. The van der Waals surface area contributed by atoms with Gasteiger partial charge in [-0.2, -0.15) is 0 Å². The molecule has 182 valence electrons. The van der Waals surface area contributed by atoms with Gasteiger partial charge in [-0.3, -0.25) is 4.79 Å². The summed E-state index contributed by atoms with van der Waals surface area (Å²) in [6.45, 7) is 10.9. The second-order valence-electron chi connectivity index (χ2n) is 8.59. The number of piperidine rings is 1. The van der Waals surface area contributed by atoms with Crippen molar-refractivity contribution in [1.29, 1.82) is 0 Å². The summed E-state index contributed by atoms with van der Waals surface area (Å²) < 4.78 is 24.4. The summed E-state index contributed by atoms with van der Waals surface area (Å²) in [5.41, 5.74) is 2.83. The van der Waals surface area contributed by atoms with Crippen LogP contribution in [0.15, 0.2) is 53.0 Å². The lowest BCUT2D eigenvalue weighted by molar-refractivity contribution is -0.127. The van der Waals surface area contributed by atoms with Crippen LogP contribution in [0.1, 0.15) is 40.0 Å². The Labute approximate surface area is 201 Å². The predicted molar refractivity (Wildman–Crippen MR) is 138 cm³/mol. The van der Waals surface area contributed by atoms with Crippen molar-refractivity contribution in [3.8, 4) is 11.1 Å². The van der Waals surface area contributed by atoms with Gasteiger partial charge >= 0.3 is 0 Å². The monoisotopic (exact) mass is 482 g/mol.